The van der Waals surface area contributed by atoms with Crippen LogP contribution in [0.25, 0.3) is 27.1 Å². The van der Waals surface area contributed by atoms with Crippen molar-refractivity contribution >= 4 is 33.1 Å². The van der Waals surface area contributed by atoms with E-state index in [4.69, 9.17) is 18.9 Å². The van der Waals surface area contributed by atoms with Crippen molar-refractivity contribution in [2.45, 2.75) is 18.3 Å². The van der Waals surface area contributed by atoms with Gasteiger partial charge in [-0.05, 0) is 74.1 Å². The van der Waals surface area contributed by atoms with Gasteiger partial charge in [-0.3, -0.25) is 0 Å². The molecular weight excluding hydrogens is 560 g/mol. The fourth-order valence-corrected chi connectivity index (χ4v) is 6.34. The number of hydrogen-bond acceptors (Lipinski definition) is 5. The van der Waals surface area contributed by atoms with E-state index in [-0.39, 0.29) is 6.61 Å². The van der Waals surface area contributed by atoms with Crippen LogP contribution in [0.15, 0.2) is 140 Å². The monoisotopic (exact) mass is 592 g/mol. The van der Waals surface area contributed by atoms with Gasteiger partial charge in [-0.1, -0.05) is 109 Å². The van der Waals surface area contributed by atoms with Gasteiger partial charge >= 0.3 is 5.97 Å². The lowest BCUT2D eigenvalue weighted by molar-refractivity contribution is -0.185. The normalized spacial score (nSPS) is 15.4. The summed E-state index contributed by atoms with van der Waals surface area (Å²) in [6.07, 6.45) is 1.12. The maximum absolute atomic E-state index is 14.2. The van der Waals surface area contributed by atoms with Crippen LogP contribution in [0.3, 0.4) is 0 Å². The van der Waals surface area contributed by atoms with Crippen LogP contribution in [0, 0.1) is 0 Å². The number of carbonyl (C=O) groups excluding carboxylic acids is 1. The van der Waals surface area contributed by atoms with Crippen molar-refractivity contribution in [3.63, 3.8) is 0 Å². The predicted octanol–water partition coefficient (Wildman–Crippen LogP) is 8.48. The summed E-state index contributed by atoms with van der Waals surface area (Å²) in [5.74, 6) is 0.863. The maximum Gasteiger partial charge on any atom is 0.347 e. The quantitative estimate of drug-likeness (QED) is 0.131. The van der Waals surface area contributed by atoms with Gasteiger partial charge in [0.2, 0.25) is 5.60 Å². The fourth-order valence-electron chi connectivity index (χ4n) is 6.34. The fraction of sp³-hybridized carbons (Fsp3) is 0.125. The van der Waals surface area contributed by atoms with E-state index in [0.29, 0.717) is 11.3 Å². The summed E-state index contributed by atoms with van der Waals surface area (Å²) in [5.41, 5.74) is 2.79. The molecule has 0 saturated heterocycles. The van der Waals surface area contributed by atoms with Gasteiger partial charge in [0, 0.05) is 5.56 Å². The SMILES string of the molecule is COC(=O)[C@](OCc1c2ccccc2cc2ccccc12)(c1ccccc1)[C@@H]1C=C(c2ccc(OC)cc2)c2ccccc2O1. The average Bonchev–Trinajstić information content (AvgIpc) is 3.11. The molecule has 1 aliphatic heterocycles. The molecule has 5 heteroatoms. The first-order chi connectivity index (χ1) is 22.1. The maximum atomic E-state index is 14.2. The van der Waals surface area contributed by atoms with Crippen molar-refractivity contribution in [3.05, 3.63) is 162 Å². The largest absolute Gasteiger partial charge is 0.497 e. The Kier molecular flexibility index (Phi) is 7.54. The summed E-state index contributed by atoms with van der Waals surface area (Å²) in [7, 11) is 3.04. The standard InChI is InChI=1S/C40H32O5/c1-42-31-22-20-27(21-23-31)35-25-38(45-37-19-11-10-18-34(35)37)40(39(41)43-2,30-14-4-3-5-15-30)44-26-36-32-16-8-6-12-28(32)24-29-13-7-9-17-33(29)36/h3-25,38H,26H2,1-2H3/t38-,40-/m0/s1. The number of carbonyl (C=O) groups is 1. The molecule has 0 aliphatic carbocycles. The van der Waals surface area contributed by atoms with E-state index in [1.807, 2.05) is 109 Å². The van der Waals surface area contributed by atoms with Crippen molar-refractivity contribution in [2.75, 3.05) is 14.2 Å². The number of hydrogen-bond donors (Lipinski definition) is 0. The van der Waals surface area contributed by atoms with Crippen molar-refractivity contribution < 1.29 is 23.7 Å². The minimum Gasteiger partial charge on any atom is -0.497 e. The second kappa shape index (κ2) is 11.9. The molecule has 222 valence electrons. The first-order valence-corrected chi connectivity index (χ1v) is 14.9. The summed E-state index contributed by atoms with van der Waals surface area (Å²) in [4.78, 5) is 14.2. The third-order valence-corrected chi connectivity index (χ3v) is 8.57. The Hall–Kier alpha value is -5.39. The Labute approximate surface area is 262 Å². The summed E-state index contributed by atoms with van der Waals surface area (Å²) in [5, 5.41) is 4.32. The summed E-state index contributed by atoms with van der Waals surface area (Å²) in [6.45, 7) is 0.138. The van der Waals surface area contributed by atoms with E-state index < -0.39 is 17.7 Å². The van der Waals surface area contributed by atoms with Crippen molar-refractivity contribution in [2.24, 2.45) is 0 Å². The smallest absolute Gasteiger partial charge is 0.347 e. The van der Waals surface area contributed by atoms with E-state index in [1.165, 1.54) is 7.11 Å². The van der Waals surface area contributed by atoms with Gasteiger partial charge < -0.3 is 18.9 Å². The van der Waals surface area contributed by atoms with Crippen LogP contribution in [0.4, 0.5) is 0 Å². The highest BCUT2D eigenvalue weighted by Gasteiger charge is 2.52. The van der Waals surface area contributed by atoms with Gasteiger partial charge in [-0.2, -0.15) is 0 Å². The average molecular weight is 593 g/mol. The number of benzene rings is 6. The van der Waals surface area contributed by atoms with Crippen LogP contribution in [0.1, 0.15) is 22.3 Å². The molecule has 45 heavy (non-hydrogen) atoms. The lowest BCUT2D eigenvalue weighted by atomic mass is 9.83. The minimum atomic E-state index is -1.64. The molecule has 7 rings (SSSR count). The lowest BCUT2D eigenvalue weighted by Gasteiger charge is -2.39. The first-order valence-electron chi connectivity index (χ1n) is 14.9. The van der Waals surface area contributed by atoms with Crippen molar-refractivity contribution in [3.8, 4) is 11.5 Å². The second-order valence-electron chi connectivity index (χ2n) is 11.0. The first kappa shape index (κ1) is 28.4. The number of rotatable bonds is 8. The van der Waals surface area contributed by atoms with Crippen molar-refractivity contribution in [1.82, 2.24) is 0 Å². The molecule has 5 nitrogen and oxygen atoms in total. The third-order valence-electron chi connectivity index (χ3n) is 8.57. The van der Waals surface area contributed by atoms with Gasteiger partial charge in [-0.15, -0.1) is 0 Å². The van der Waals surface area contributed by atoms with Crippen molar-refractivity contribution in [1.29, 1.82) is 0 Å². The molecule has 1 heterocycles. The van der Waals surface area contributed by atoms with Crippen LogP contribution in [-0.4, -0.2) is 26.3 Å². The van der Waals surface area contributed by atoms with Gasteiger partial charge in [0.05, 0.1) is 20.8 Å². The molecule has 0 aromatic heterocycles. The Bertz CT molecular complexity index is 1980. The molecule has 1 aliphatic rings. The number of methoxy groups -OCH3 is 2. The second-order valence-corrected chi connectivity index (χ2v) is 11.0. The molecule has 6 aromatic rings. The van der Waals surface area contributed by atoms with E-state index in [0.717, 1.165) is 49.6 Å². The van der Waals surface area contributed by atoms with Crippen LogP contribution in [0.5, 0.6) is 11.5 Å². The highest BCUT2D eigenvalue weighted by Crippen LogP contribution is 2.44. The van der Waals surface area contributed by atoms with Gasteiger partial charge in [0.15, 0.2) is 6.10 Å². The van der Waals surface area contributed by atoms with E-state index in [9.17, 15) is 4.79 Å². The van der Waals surface area contributed by atoms with Gasteiger partial charge in [0.25, 0.3) is 0 Å². The minimum absolute atomic E-state index is 0.138. The Morgan fingerprint density at radius 2 is 1.36 bits per heavy atom. The van der Waals surface area contributed by atoms with Gasteiger partial charge in [-0.25, -0.2) is 4.79 Å². The van der Waals surface area contributed by atoms with Crippen LogP contribution >= 0.6 is 0 Å². The molecule has 0 spiro atoms. The number of ether oxygens (including phenoxy) is 4. The molecule has 2 atom stereocenters. The number of esters is 1. The molecular formula is C40H32O5. The summed E-state index contributed by atoms with van der Waals surface area (Å²) >= 11 is 0. The molecule has 0 fully saturated rings. The van der Waals surface area contributed by atoms with E-state index in [2.05, 4.69) is 30.3 Å². The van der Waals surface area contributed by atoms with Crippen LogP contribution < -0.4 is 9.47 Å². The van der Waals surface area contributed by atoms with E-state index in [1.54, 1.807) is 7.11 Å². The number of para-hydroxylation sites is 1. The highest BCUT2D eigenvalue weighted by molar-refractivity contribution is 6.02. The summed E-state index contributed by atoms with van der Waals surface area (Å²) < 4.78 is 24.7. The molecule has 0 N–H and O–H groups in total. The Morgan fingerprint density at radius 3 is 2.02 bits per heavy atom. The van der Waals surface area contributed by atoms with E-state index >= 15 is 0 Å². The van der Waals surface area contributed by atoms with Gasteiger partial charge in [0.1, 0.15) is 11.5 Å². The molecule has 0 unspecified atom stereocenters. The topological polar surface area (TPSA) is 54.0 Å². The highest BCUT2D eigenvalue weighted by atomic mass is 16.6. The number of fused-ring (bicyclic) bond motifs is 3. The van der Waals surface area contributed by atoms with Crippen LogP contribution in [-0.2, 0) is 26.5 Å². The zero-order valence-electron chi connectivity index (χ0n) is 25.1. The zero-order chi connectivity index (χ0) is 30.8. The molecule has 0 saturated carbocycles. The molecule has 0 radical (unpaired) electrons. The zero-order valence-corrected chi connectivity index (χ0v) is 25.1. The van der Waals surface area contributed by atoms with Crippen LogP contribution in [0.2, 0.25) is 0 Å². The third kappa shape index (κ3) is 5.01. The predicted molar refractivity (Wildman–Crippen MR) is 177 cm³/mol. The summed E-state index contributed by atoms with van der Waals surface area (Å²) in [6, 6.07) is 43.9. The lowest BCUT2D eigenvalue weighted by Crippen LogP contribution is -2.52. The molecule has 0 bridgehead atoms. The Balaban J connectivity index is 1.42. The molecule has 6 aromatic carbocycles. The molecule has 0 amide bonds. The Morgan fingerprint density at radius 1 is 0.733 bits per heavy atom.